The predicted octanol–water partition coefficient (Wildman–Crippen LogP) is 2.58. The van der Waals surface area contributed by atoms with Gasteiger partial charge in [0, 0.05) is 25.3 Å². The lowest BCUT2D eigenvalue weighted by Gasteiger charge is -2.57. The van der Waals surface area contributed by atoms with Crippen molar-refractivity contribution in [3.8, 4) is 0 Å². The second-order valence-electron chi connectivity index (χ2n) is 10.4. The van der Waals surface area contributed by atoms with Crippen LogP contribution in [0.25, 0.3) is 0 Å². The van der Waals surface area contributed by atoms with Crippen LogP contribution in [0.15, 0.2) is 16.4 Å². The summed E-state index contributed by atoms with van der Waals surface area (Å²) in [6, 6.07) is -0.781. The third kappa shape index (κ3) is 3.12. The number of amides is 2. The van der Waals surface area contributed by atoms with E-state index >= 15 is 0 Å². The lowest BCUT2D eigenvalue weighted by Crippen LogP contribution is -2.62. The summed E-state index contributed by atoms with van der Waals surface area (Å²) in [5, 5.41) is 20.2. The van der Waals surface area contributed by atoms with Crippen LogP contribution in [0.3, 0.4) is 0 Å². The zero-order valence-electron chi connectivity index (χ0n) is 18.1. The van der Waals surface area contributed by atoms with Crippen LogP contribution in [-0.2, 0) is 9.59 Å². The lowest BCUT2D eigenvalue weighted by molar-refractivity contribution is -0.135. The zero-order chi connectivity index (χ0) is 21.0. The second kappa shape index (κ2) is 7.27. The average molecular weight is 415 g/mol. The van der Waals surface area contributed by atoms with Gasteiger partial charge in [0.05, 0.1) is 6.04 Å². The summed E-state index contributed by atoms with van der Waals surface area (Å²) >= 11 is 0. The number of hydrogen-bond acceptors (Lipinski definition) is 5. The van der Waals surface area contributed by atoms with Gasteiger partial charge in [-0.2, -0.15) is 5.10 Å². The molecule has 0 aromatic carbocycles. The Morgan fingerprint density at radius 3 is 2.43 bits per heavy atom. The molecule has 4 saturated carbocycles. The summed E-state index contributed by atoms with van der Waals surface area (Å²) in [6.07, 6.45) is 11.6. The Morgan fingerprint density at radius 1 is 1.20 bits per heavy atom. The number of hydrogen-bond donors (Lipinski definition) is 2. The third-order valence-electron chi connectivity index (χ3n) is 8.15. The van der Waals surface area contributed by atoms with Gasteiger partial charge in [0.25, 0.3) is 11.8 Å². The van der Waals surface area contributed by atoms with E-state index in [2.05, 4.69) is 17.3 Å². The maximum absolute atomic E-state index is 13.4. The molecule has 4 aliphatic carbocycles. The van der Waals surface area contributed by atoms with Crippen LogP contribution < -0.4 is 5.32 Å². The Hall–Kier alpha value is -2.05. The molecular weight excluding hydrogens is 380 g/mol. The van der Waals surface area contributed by atoms with Gasteiger partial charge in [-0.25, -0.2) is 0 Å². The van der Waals surface area contributed by atoms with Crippen molar-refractivity contribution < 1.29 is 14.7 Å². The minimum Gasteiger partial charge on any atom is -0.509 e. The minimum atomic E-state index is -0.471. The summed E-state index contributed by atoms with van der Waals surface area (Å²) in [5.41, 5.74) is -0.262. The van der Waals surface area contributed by atoms with E-state index in [0.717, 1.165) is 38.5 Å². The molecule has 2 unspecified atom stereocenters. The summed E-state index contributed by atoms with van der Waals surface area (Å²) in [6.45, 7) is 2.71. The Kier molecular flexibility index (Phi) is 4.82. The number of aliphatic hydroxyl groups is 1. The van der Waals surface area contributed by atoms with Crippen molar-refractivity contribution >= 4 is 18.0 Å². The first kappa shape index (κ1) is 19.9. The van der Waals surface area contributed by atoms with E-state index in [1.165, 1.54) is 19.3 Å². The normalized spacial score (nSPS) is 39.1. The molecule has 2 amide bonds. The molecule has 6 aliphatic rings. The number of fused-ring (bicyclic) bond motifs is 1. The van der Waals surface area contributed by atoms with E-state index < -0.39 is 11.9 Å². The first-order chi connectivity index (χ1) is 14.4. The maximum atomic E-state index is 13.4. The number of rotatable bonds is 6. The maximum Gasteiger partial charge on any atom is 0.263 e. The average Bonchev–Trinajstić information content (AvgIpc) is 3.04. The van der Waals surface area contributed by atoms with E-state index in [1.54, 1.807) is 23.2 Å². The van der Waals surface area contributed by atoms with Gasteiger partial charge in [0.1, 0.15) is 17.4 Å². The van der Waals surface area contributed by atoms with Crippen LogP contribution >= 0.6 is 0 Å². The molecule has 0 aromatic heterocycles. The zero-order valence-corrected chi connectivity index (χ0v) is 18.1. The molecule has 2 aliphatic heterocycles. The Morgan fingerprint density at radius 2 is 1.83 bits per heavy atom. The summed E-state index contributed by atoms with van der Waals surface area (Å²) < 4.78 is 0. The highest BCUT2D eigenvalue weighted by Gasteiger charge is 2.53. The summed E-state index contributed by atoms with van der Waals surface area (Å²) in [5.74, 6) is 1.23. The van der Waals surface area contributed by atoms with Crippen molar-refractivity contribution in [3.05, 3.63) is 11.3 Å². The molecule has 0 aromatic rings. The predicted molar refractivity (Wildman–Crippen MR) is 114 cm³/mol. The van der Waals surface area contributed by atoms with E-state index in [0.29, 0.717) is 24.3 Å². The number of unbranched alkanes of at least 4 members (excludes halogenated alkanes) is 2. The van der Waals surface area contributed by atoms with Gasteiger partial charge in [-0.1, -0.05) is 19.8 Å². The standard InChI is InChI=1S/C23H34N4O3/c1-3-4-5-6-27-17-13-24-26(2)19(17)20(28)18(22(27)30)21(29)25-23-10-14-7-15(11-23)9-16(8-14)12-23/h13-17,19,28H,3-12H2,1-2H3,(H,25,29). The first-order valence-electron chi connectivity index (χ1n) is 11.7. The fraction of sp³-hybridized carbons (Fsp3) is 0.783. The van der Waals surface area contributed by atoms with Crippen molar-refractivity contribution in [1.82, 2.24) is 15.2 Å². The van der Waals surface area contributed by atoms with Crippen molar-refractivity contribution in [3.63, 3.8) is 0 Å². The first-order valence-corrected chi connectivity index (χ1v) is 11.7. The lowest BCUT2D eigenvalue weighted by atomic mass is 9.53. The molecular formula is C23H34N4O3. The van der Waals surface area contributed by atoms with Gasteiger partial charge in [-0.3, -0.25) is 14.6 Å². The van der Waals surface area contributed by atoms with Gasteiger partial charge in [-0.05, 0) is 62.7 Å². The van der Waals surface area contributed by atoms with Crippen LogP contribution in [0.4, 0.5) is 0 Å². The number of carbonyl (C=O) groups excluding carboxylic acids is 2. The molecule has 6 rings (SSSR count). The third-order valence-corrected chi connectivity index (χ3v) is 8.15. The van der Waals surface area contributed by atoms with E-state index in [1.807, 2.05) is 0 Å². The number of nitrogens with one attached hydrogen (secondary N) is 1. The molecule has 2 heterocycles. The van der Waals surface area contributed by atoms with Crippen LogP contribution in [0.2, 0.25) is 0 Å². The molecule has 0 spiro atoms. The molecule has 7 nitrogen and oxygen atoms in total. The van der Waals surface area contributed by atoms with Gasteiger partial charge in [0.15, 0.2) is 0 Å². The molecule has 4 fully saturated rings. The SMILES string of the molecule is CCCCCN1C(=O)C(C(=O)NC23CC4CC(CC(C4)C2)C3)=C(O)C2C1C=NN2C. The Balaban J connectivity index is 1.40. The molecule has 164 valence electrons. The van der Waals surface area contributed by atoms with Gasteiger partial charge in [0.2, 0.25) is 0 Å². The summed E-state index contributed by atoms with van der Waals surface area (Å²) in [7, 11) is 1.78. The molecule has 2 atom stereocenters. The van der Waals surface area contributed by atoms with E-state index in [9.17, 15) is 14.7 Å². The van der Waals surface area contributed by atoms with Crippen LogP contribution in [-0.4, -0.2) is 64.3 Å². The molecule has 0 radical (unpaired) electrons. The van der Waals surface area contributed by atoms with Gasteiger partial charge >= 0.3 is 0 Å². The molecule has 4 bridgehead atoms. The molecule has 30 heavy (non-hydrogen) atoms. The number of aliphatic hydroxyl groups excluding tert-OH is 1. The highest BCUT2D eigenvalue weighted by Crippen LogP contribution is 2.55. The van der Waals surface area contributed by atoms with Crippen molar-refractivity contribution in [2.45, 2.75) is 82.3 Å². The fourth-order valence-corrected chi connectivity index (χ4v) is 7.24. The summed E-state index contributed by atoms with van der Waals surface area (Å²) in [4.78, 5) is 28.5. The van der Waals surface area contributed by atoms with Crippen molar-refractivity contribution in [2.24, 2.45) is 22.9 Å². The molecule has 7 heteroatoms. The largest absolute Gasteiger partial charge is 0.509 e. The number of nitrogens with zero attached hydrogens (tertiary/aromatic N) is 3. The van der Waals surface area contributed by atoms with Crippen LogP contribution in [0.1, 0.15) is 64.7 Å². The Labute approximate surface area is 178 Å². The number of hydrazone groups is 1. The second-order valence-corrected chi connectivity index (χ2v) is 10.4. The topological polar surface area (TPSA) is 85.2 Å². The smallest absolute Gasteiger partial charge is 0.263 e. The minimum absolute atomic E-state index is 0.0687. The Bertz CT molecular complexity index is 769. The van der Waals surface area contributed by atoms with Gasteiger partial charge < -0.3 is 15.3 Å². The number of likely N-dealkylation sites (N-methyl/N-ethyl adjacent to an activating group) is 1. The van der Waals surface area contributed by atoms with E-state index in [-0.39, 0.29) is 28.8 Å². The molecule has 2 N–H and O–H groups in total. The highest BCUT2D eigenvalue weighted by molar-refractivity contribution is 6.20. The van der Waals surface area contributed by atoms with Crippen molar-refractivity contribution in [2.75, 3.05) is 13.6 Å². The fourth-order valence-electron chi connectivity index (χ4n) is 7.24. The highest BCUT2D eigenvalue weighted by atomic mass is 16.3. The molecule has 0 saturated heterocycles. The van der Waals surface area contributed by atoms with Gasteiger partial charge in [-0.15, -0.1) is 0 Å². The quantitative estimate of drug-likeness (QED) is 0.517. The monoisotopic (exact) mass is 414 g/mol. The number of carbonyl (C=O) groups is 2. The van der Waals surface area contributed by atoms with Crippen LogP contribution in [0, 0.1) is 17.8 Å². The van der Waals surface area contributed by atoms with Crippen LogP contribution in [0.5, 0.6) is 0 Å². The van der Waals surface area contributed by atoms with E-state index in [4.69, 9.17) is 0 Å². The van der Waals surface area contributed by atoms with Crippen molar-refractivity contribution in [1.29, 1.82) is 0 Å².